The Morgan fingerprint density at radius 2 is 2.50 bits per heavy atom. The fraction of sp³-hybridized carbons (Fsp3) is 0.182. The van der Waals surface area contributed by atoms with Crippen LogP contribution in [-0.2, 0) is 4.74 Å². The van der Waals surface area contributed by atoms with Crippen LogP contribution in [0.2, 0.25) is 0 Å². The Bertz CT molecular complexity index is 479. The maximum atomic E-state index is 5.48. The van der Waals surface area contributed by atoms with Gasteiger partial charge in [0.1, 0.15) is 11.8 Å². The zero-order chi connectivity index (χ0) is 9.38. The smallest absolute Gasteiger partial charge is 0.137 e. The second kappa shape index (κ2) is 2.87. The third-order valence-corrected chi connectivity index (χ3v) is 2.52. The molecule has 70 valence electrons. The number of hydrogen-bond donors (Lipinski definition) is 1. The number of H-pyrrole nitrogens is 1. The number of nitrogens with zero attached hydrogens (tertiary/aromatic N) is 1. The van der Waals surface area contributed by atoms with Crippen molar-refractivity contribution >= 4 is 11.0 Å². The third-order valence-electron chi connectivity index (χ3n) is 2.52. The van der Waals surface area contributed by atoms with Crippen molar-refractivity contribution in [3.8, 4) is 0 Å². The van der Waals surface area contributed by atoms with Gasteiger partial charge >= 0.3 is 0 Å². The molecule has 1 N–H and O–H groups in total. The van der Waals surface area contributed by atoms with Crippen LogP contribution in [0, 0.1) is 0 Å². The molecule has 0 saturated carbocycles. The molecule has 1 unspecified atom stereocenters. The van der Waals surface area contributed by atoms with E-state index in [1.54, 1.807) is 12.5 Å². The molecule has 3 heteroatoms. The fourth-order valence-electron chi connectivity index (χ4n) is 1.83. The number of hydrogen-bond acceptors (Lipinski definition) is 2. The van der Waals surface area contributed by atoms with Gasteiger partial charge in [0.25, 0.3) is 0 Å². The molecule has 3 rings (SSSR count). The molecule has 3 heterocycles. The Kier molecular flexibility index (Phi) is 1.56. The van der Waals surface area contributed by atoms with Crippen molar-refractivity contribution in [2.45, 2.75) is 12.5 Å². The van der Waals surface area contributed by atoms with Gasteiger partial charge in [-0.1, -0.05) is 0 Å². The summed E-state index contributed by atoms with van der Waals surface area (Å²) in [7, 11) is 0. The highest BCUT2D eigenvalue weighted by molar-refractivity contribution is 5.79. The minimum atomic E-state index is 0.160. The first kappa shape index (κ1) is 7.62. The van der Waals surface area contributed by atoms with Crippen molar-refractivity contribution in [2.75, 3.05) is 0 Å². The zero-order valence-corrected chi connectivity index (χ0v) is 7.60. The van der Waals surface area contributed by atoms with Gasteiger partial charge in [-0.2, -0.15) is 0 Å². The summed E-state index contributed by atoms with van der Waals surface area (Å²) >= 11 is 0. The lowest BCUT2D eigenvalue weighted by atomic mass is 10.1. The number of fused-ring (bicyclic) bond motifs is 1. The maximum Gasteiger partial charge on any atom is 0.137 e. The van der Waals surface area contributed by atoms with E-state index >= 15 is 0 Å². The Hall–Kier alpha value is -1.77. The molecule has 0 aliphatic carbocycles. The number of pyridine rings is 1. The third kappa shape index (κ3) is 1.02. The lowest BCUT2D eigenvalue weighted by Crippen LogP contribution is -1.93. The van der Waals surface area contributed by atoms with Crippen molar-refractivity contribution in [3.63, 3.8) is 0 Å². The summed E-state index contributed by atoms with van der Waals surface area (Å²) in [4.78, 5) is 7.39. The SMILES string of the molecule is C1=COC(c2c[nH]c3ncccc23)C1. The van der Waals surface area contributed by atoms with E-state index in [0.717, 1.165) is 17.5 Å². The van der Waals surface area contributed by atoms with Crippen molar-refractivity contribution < 1.29 is 4.74 Å². The summed E-state index contributed by atoms with van der Waals surface area (Å²) in [6.07, 6.45) is 8.68. The van der Waals surface area contributed by atoms with E-state index in [2.05, 4.69) is 16.0 Å². The monoisotopic (exact) mass is 186 g/mol. The van der Waals surface area contributed by atoms with Gasteiger partial charge in [0.05, 0.1) is 6.26 Å². The molecule has 0 amide bonds. The predicted octanol–water partition coefficient (Wildman–Crippen LogP) is 2.54. The molecule has 0 radical (unpaired) electrons. The molecule has 2 aromatic heterocycles. The molecule has 2 aromatic rings. The van der Waals surface area contributed by atoms with E-state index < -0.39 is 0 Å². The molecule has 0 fully saturated rings. The molecule has 1 aliphatic heterocycles. The van der Waals surface area contributed by atoms with Crippen LogP contribution in [-0.4, -0.2) is 9.97 Å². The van der Waals surface area contributed by atoms with Crippen molar-refractivity contribution in [3.05, 3.63) is 42.4 Å². The summed E-state index contributed by atoms with van der Waals surface area (Å²) in [5, 5.41) is 1.15. The Morgan fingerprint density at radius 1 is 1.50 bits per heavy atom. The molecule has 0 bridgehead atoms. The van der Waals surface area contributed by atoms with E-state index in [1.165, 1.54) is 5.56 Å². The van der Waals surface area contributed by atoms with Crippen molar-refractivity contribution in [1.29, 1.82) is 0 Å². The molecular weight excluding hydrogens is 176 g/mol. The topological polar surface area (TPSA) is 37.9 Å². The largest absolute Gasteiger partial charge is 0.493 e. The summed E-state index contributed by atoms with van der Waals surface area (Å²) in [6, 6.07) is 4.01. The van der Waals surface area contributed by atoms with Crippen LogP contribution in [0.4, 0.5) is 0 Å². The fourth-order valence-corrected chi connectivity index (χ4v) is 1.83. The van der Waals surface area contributed by atoms with Gasteiger partial charge in [-0.25, -0.2) is 4.98 Å². The number of aromatic amines is 1. The minimum absolute atomic E-state index is 0.160. The molecule has 0 saturated heterocycles. The van der Waals surface area contributed by atoms with Gasteiger partial charge in [-0.3, -0.25) is 0 Å². The lowest BCUT2D eigenvalue weighted by Gasteiger charge is -2.07. The van der Waals surface area contributed by atoms with E-state index in [0.29, 0.717) is 0 Å². The molecule has 0 spiro atoms. The average molecular weight is 186 g/mol. The minimum Gasteiger partial charge on any atom is -0.493 e. The number of ether oxygens (including phenoxy) is 1. The predicted molar refractivity (Wildman–Crippen MR) is 53.7 cm³/mol. The summed E-state index contributed by atoms with van der Waals surface area (Å²) < 4.78 is 5.48. The highest BCUT2D eigenvalue weighted by Gasteiger charge is 2.17. The van der Waals surface area contributed by atoms with E-state index in [4.69, 9.17) is 4.74 Å². The summed E-state index contributed by atoms with van der Waals surface area (Å²) in [5.74, 6) is 0. The van der Waals surface area contributed by atoms with E-state index in [-0.39, 0.29) is 6.10 Å². The number of nitrogens with one attached hydrogen (secondary N) is 1. The van der Waals surface area contributed by atoms with E-state index in [1.807, 2.05) is 18.3 Å². The molecule has 0 aromatic carbocycles. The van der Waals surface area contributed by atoms with Crippen LogP contribution in [0.25, 0.3) is 11.0 Å². The molecule has 14 heavy (non-hydrogen) atoms. The zero-order valence-electron chi connectivity index (χ0n) is 7.60. The van der Waals surface area contributed by atoms with Crippen LogP contribution in [0.15, 0.2) is 36.9 Å². The first-order valence-electron chi connectivity index (χ1n) is 4.67. The number of aromatic nitrogens is 2. The second-order valence-corrected chi connectivity index (χ2v) is 3.38. The number of rotatable bonds is 1. The standard InChI is InChI=1S/C11H10N2O/c1-3-8-9(10-4-2-6-14-10)7-13-11(8)12-5-1/h1-3,5-7,10H,4H2,(H,12,13). The van der Waals surface area contributed by atoms with Gasteiger partial charge in [0.2, 0.25) is 0 Å². The quantitative estimate of drug-likeness (QED) is 0.743. The highest BCUT2D eigenvalue weighted by Crippen LogP contribution is 2.31. The van der Waals surface area contributed by atoms with Crippen molar-refractivity contribution in [2.24, 2.45) is 0 Å². The highest BCUT2D eigenvalue weighted by atomic mass is 16.5. The second-order valence-electron chi connectivity index (χ2n) is 3.38. The average Bonchev–Trinajstić information content (AvgIpc) is 2.85. The van der Waals surface area contributed by atoms with Crippen molar-refractivity contribution in [1.82, 2.24) is 9.97 Å². The molecule has 3 nitrogen and oxygen atoms in total. The first-order chi connectivity index (χ1) is 6.95. The van der Waals surface area contributed by atoms with Gasteiger partial charge < -0.3 is 9.72 Å². The van der Waals surface area contributed by atoms with Gasteiger partial charge in [0.15, 0.2) is 0 Å². The van der Waals surface area contributed by atoms with Gasteiger partial charge in [0, 0.05) is 29.8 Å². The van der Waals surface area contributed by atoms with Gasteiger partial charge in [-0.05, 0) is 18.2 Å². The van der Waals surface area contributed by atoms with Crippen LogP contribution < -0.4 is 0 Å². The Labute approximate surface area is 81.4 Å². The van der Waals surface area contributed by atoms with Crippen LogP contribution in [0.3, 0.4) is 0 Å². The summed E-state index contributed by atoms with van der Waals surface area (Å²) in [5.41, 5.74) is 2.12. The Morgan fingerprint density at radius 3 is 3.36 bits per heavy atom. The van der Waals surface area contributed by atoms with Crippen LogP contribution in [0.5, 0.6) is 0 Å². The summed E-state index contributed by atoms with van der Waals surface area (Å²) in [6.45, 7) is 0. The lowest BCUT2D eigenvalue weighted by molar-refractivity contribution is 0.175. The van der Waals surface area contributed by atoms with Crippen LogP contribution >= 0.6 is 0 Å². The van der Waals surface area contributed by atoms with Gasteiger partial charge in [-0.15, -0.1) is 0 Å². The van der Waals surface area contributed by atoms with E-state index in [9.17, 15) is 0 Å². The first-order valence-corrected chi connectivity index (χ1v) is 4.67. The normalized spacial score (nSPS) is 20.1. The molecular formula is C11H10N2O. The molecule has 1 aliphatic rings. The molecule has 1 atom stereocenters. The Balaban J connectivity index is 2.12. The van der Waals surface area contributed by atoms with Crippen LogP contribution in [0.1, 0.15) is 18.1 Å². The maximum absolute atomic E-state index is 5.48.